The molecule has 0 spiro atoms. The largest absolute Gasteiger partial charge is 0.445 e. The van der Waals surface area contributed by atoms with Gasteiger partial charge in [-0.25, -0.2) is 13.4 Å². The lowest BCUT2D eigenvalue weighted by Gasteiger charge is -2.14. The second-order valence-corrected chi connectivity index (χ2v) is 7.03. The van der Waals surface area contributed by atoms with Crippen molar-refractivity contribution >= 4 is 15.7 Å². The summed E-state index contributed by atoms with van der Waals surface area (Å²) in [6, 6.07) is 5.45. The Bertz CT molecular complexity index is 694. The Labute approximate surface area is 125 Å². The van der Waals surface area contributed by atoms with Crippen LogP contribution in [0.1, 0.15) is 25.8 Å². The Morgan fingerprint density at radius 2 is 2.14 bits per heavy atom. The summed E-state index contributed by atoms with van der Waals surface area (Å²) in [4.78, 5) is 4.07. The van der Waals surface area contributed by atoms with Gasteiger partial charge in [0.15, 0.2) is 0 Å². The van der Waals surface area contributed by atoms with E-state index in [4.69, 9.17) is 4.42 Å². The van der Waals surface area contributed by atoms with E-state index in [-0.39, 0.29) is 11.7 Å². The van der Waals surface area contributed by atoms with E-state index < -0.39 is 10.0 Å². The fourth-order valence-corrected chi connectivity index (χ4v) is 3.56. The number of aryl methyl sites for hydroxylation is 1. The van der Waals surface area contributed by atoms with Crippen LogP contribution < -0.4 is 4.72 Å². The molecule has 1 aromatic carbocycles. The minimum absolute atomic E-state index is 0.117. The molecule has 0 aliphatic heterocycles. The Morgan fingerprint density at radius 1 is 1.38 bits per heavy atom. The summed E-state index contributed by atoms with van der Waals surface area (Å²) in [5.74, 6) is 0.710. The summed E-state index contributed by atoms with van der Waals surface area (Å²) < 4.78 is 32.2. The van der Waals surface area contributed by atoms with E-state index in [0.717, 1.165) is 17.5 Å². The number of anilines is 1. The van der Waals surface area contributed by atoms with Crippen molar-refractivity contribution in [3.8, 4) is 11.5 Å². The number of hydrogen-bond acceptors (Lipinski definition) is 4. The third-order valence-electron chi connectivity index (χ3n) is 3.38. The van der Waals surface area contributed by atoms with Crippen LogP contribution in [0.5, 0.6) is 0 Å². The van der Waals surface area contributed by atoms with E-state index in [9.17, 15) is 8.42 Å². The van der Waals surface area contributed by atoms with Crippen LogP contribution >= 0.6 is 0 Å². The van der Waals surface area contributed by atoms with Gasteiger partial charge in [0.25, 0.3) is 0 Å². The molecule has 0 fully saturated rings. The van der Waals surface area contributed by atoms with E-state index in [1.165, 1.54) is 6.26 Å². The molecule has 0 bridgehead atoms. The first-order valence-corrected chi connectivity index (χ1v) is 8.57. The van der Waals surface area contributed by atoms with Gasteiger partial charge in [-0.05, 0) is 30.5 Å². The summed E-state index contributed by atoms with van der Waals surface area (Å²) >= 11 is 0. The van der Waals surface area contributed by atoms with Crippen LogP contribution in [0, 0.1) is 12.8 Å². The molecular weight excluding hydrogens is 288 g/mol. The second-order valence-electron chi connectivity index (χ2n) is 5.26. The minimum Gasteiger partial charge on any atom is -0.445 e. The Balaban J connectivity index is 2.26. The highest BCUT2D eigenvalue weighted by atomic mass is 32.2. The Hall–Kier alpha value is -1.82. The summed E-state index contributed by atoms with van der Waals surface area (Å²) in [6.07, 6.45) is 3.88. The van der Waals surface area contributed by atoms with Gasteiger partial charge in [0.2, 0.25) is 15.9 Å². The van der Waals surface area contributed by atoms with Crippen LogP contribution in [0.15, 0.2) is 35.1 Å². The van der Waals surface area contributed by atoms with Crippen LogP contribution in [-0.4, -0.2) is 19.2 Å². The number of benzene rings is 1. The summed E-state index contributed by atoms with van der Waals surface area (Å²) in [5, 5.41) is 0. The van der Waals surface area contributed by atoms with Gasteiger partial charge in [-0.1, -0.05) is 26.3 Å². The van der Waals surface area contributed by atoms with E-state index in [1.54, 1.807) is 12.3 Å². The highest BCUT2D eigenvalue weighted by Crippen LogP contribution is 2.25. The minimum atomic E-state index is -3.36. The Kier molecular flexibility index (Phi) is 4.67. The average Bonchev–Trinajstić information content (AvgIpc) is 2.94. The molecule has 0 radical (unpaired) electrons. The number of sulfonamides is 1. The van der Waals surface area contributed by atoms with Crippen molar-refractivity contribution in [3.05, 3.63) is 36.2 Å². The third kappa shape index (κ3) is 4.07. The molecule has 0 aliphatic rings. The molecule has 5 nitrogen and oxygen atoms in total. The van der Waals surface area contributed by atoms with Gasteiger partial charge in [0, 0.05) is 5.56 Å². The van der Waals surface area contributed by atoms with Crippen molar-refractivity contribution in [2.24, 2.45) is 5.92 Å². The number of hydrogen-bond donors (Lipinski definition) is 1. The monoisotopic (exact) mass is 308 g/mol. The lowest BCUT2D eigenvalue weighted by Crippen LogP contribution is -2.21. The number of nitrogens with zero attached hydrogens (tertiary/aromatic N) is 1. The van der Waals surface area contributed by atoms with Gasteiger partial charge in [0.1, 0.15) is 6.26 Å². The standard InChI is InChI=1S/C15H20N2O3S/c1-4-11(2)10-21(18,19)17-14-9-13(6-5-12(14)3)15-16-7-8-20-15/h5-9,11,17H,4,10H2,1-3H3/t11-/m1/s1. The highest BCUT2D eigenvalue weighted by Gasteiger charge is 2.16. The molecule has 2 rings (SSSR count). The van der Waals surface area contributed by atoms with Crippen LogP contribution in [-0.2, 0) is 10.0 Å². The molecule has 1 N–H and O–H groups in total. The zero-order valence-electron chi connectivity index (χ0n) is 12.5. The van der Waals surface area contributed by atoms with E-state index in [2.05, 4.69) is 9.71 Å². The van der Waals surface area contributed by atoms with Crippen molar-refractivity contribution in [2.45, 2.75) is 27.2 Å². The molecule has 0 saturated heterocycles. The van der Waals surface area contributed by atoms with Gasteiger partial charge >= 0.3 is 0 Å². The molecule has 1 atom stereocenters. The van der Waals surface area contributed by atoms with Crippen LogP contribution in [0.4, 0.5) is 5.69 Å². The topological polar surface area (TPSA) is 72.2 Å². The molecule has 0 aliphatic carbocycles. The van der Waals surface area contributed by atoms with E-state index in [1.807, 2.05) is 32.9 Å². The first-order chi connectivity index (χ1) is 9.91. The fourth-order valence-electron chi connectivity index (χ4n) is 1.93. The first-order valence-electron chi connectivity index (χ1n) is 6.92. The van der Waals surface area contributed by atoms with Gasteiger partial charge < -0.3 is 4.42 Å². The molecule has 6 heteroatoms. The zero-order chi connectivity index (χ0) is 15.5. The fraction of sp³-hybridized carbons (Fsp3) is 0.400. The number of rotatable bonds is 6. The van der Waals surface area contributed by atoms with Crippen molar-refractivity contribution in [1.29, 1.82) is 0 Å². The highest BCUT2D eigenvalue weighted by molar-refractivity contribution is 7.92. The predicted octanol–water partition coefficient (Wildman–Crippen LogP) is 3.44. The summed E-state index contributed by atoms with van der Waals surface area (Å²) in [5.41, 5.74) is 2.17. The molecule has 0 unspecified atom stereocenters. The lowest BCUT2D eigenvalue weighted by molar-refractivity contribution is 0.568. The van der Waals surface area contributed by atoms with Gasteiger partial charge in [0.05, 0.1) is 17.6 Å². The average molecular weight is 308 g/mol. The SMILES string of the molecule is CC[C@@H](C)CS(=O)(=O)Nc1cc(-c2ncco2)ccc1C. The Morgan fingerprint density at radius 3 is 2.76 bits per heavy atom. The van der Waals surface area contributed by atoms with Crippen molar-refractivity contribution in [3.63, 3.8) is 0 Å². The maximum atomic E-state index is 12.2. The first kappa shape index (κ1) is 15.6. The van der Waals surface area contributed by atoms with Crippen LogP contribution in [0.3, 0.4) is 0 Å². The van der Waals surface area contributed by atoms with Crippen molar-refractivity contribution in [1.82, 2.24) is 4.98 Å². The maximum Gasteiger partial charge on any atom is 0.232 e. The molecule has 2 aromatic rings. The van der Waals surface area contributed by atoms with Gasteiger partial charge in [-0.15, -0.1) is 0 Å². The van der Waals surface area contributed by atoms with Gasteiger partial charge in [-0.2, -0.15) is 0 Å². The van der Waals surface area contributed by atoms with Gasteiger partial charge in [-0.3, -0.25) is 4.72 Å². The van der Waals surface area contributed by atoms with Crippen LogP contribution in [0.25, 0.3) is 11.5 Å². The lowest BCUT2D eigenvalue weighted by atomic mass is 10.1. The number of aromatic nitrogens is 1. The normalized spacial score (nSPS) is 13.1. The van der Waals surface area contributed by atoms with Crippen molar-refractivity contribution < 1.29 is 12.8 Å². The molecular formula is C15H20N2O3S. The summed E-state index contributed by atoms with van der Waals surface area (Å²) in [6.45, 7) is 5.77. The third-order valence-corrected chi connectivity index (χ3v) is 4.92. The quantitative estimate of drug-likeness (QED) is 0.887. The number of oxazole rings is 1. The van der Waals surface area contributed by atoms with E-state index in [0.29, 0.717) is 11.6 Å². The smallest absolute Gasteiger partial charge is 0.232 e. The van der Waals surface area contributed by atoms with Crippen molar-refractivity contribution in [2.75, 3.05) is 10.5 Å². The molecule has 114 valence electrons. The maximum absolute atomic E-state index is 12.2. The molecule has 21 heavy (non-hydrogen) atoms. The molecule has 0 amide bonds. The second kappa shape index (κ2) is 6.30. The zero-order valence-corrected chi connectivity index (χ0v) is 13.3. The summed E-state index contributed by atoms with van der Waals surface area (Å²) in [7, 11) is -3.36. The molecule has 0 saturated carbocycles. The predicted molar refractivity (Wildman–Crippen MR) is 83.5 cm³/mol. The molecule has 1 heterocycles. The number of nitrogens with one attached hydrogen (secondary N) is 1. The molecule has 1 aromatic heterocycles. The van der Waals surface area contributed by atoms with E-state index >= 15 is 0 Å². The van der Waals surface area contributed by atoms with Crippen LogP contribution in [0.2, 0.25) is 0 Å².